The fourth-order valence-electron chi connectivity index (χ4n) is 3.43. The Morgan fingerprint density at radius 3 is 2.85 bits per heavy atom. The Kier molecular flexibility index (Phi) is 3.78. The van der Waals surface area contributed by atoms with Gasteiger partial charge in [-0.2, -0.15) is 0 Å². The van der Waals surface area contributed by atoms with Crippen LogP contribution in [0.15, 0.2) is 29.2 Å². The van der Waals surface area contributed by atoms with Gasteiger partial charge in [-0.15, -0.1) is 11.8 Å². The molecule has 2 unspecified atom stereocenters. The van der Waals surface area contributed by atoms with E-state index < -0.39 is 5.41 Å². The largest absolute Gasteiger partial charge is 0.469 e. The van der Waals surface area contributed by atoms with E-state index in [0.717, 1.165) is 25.0 Å². The van der Waals surface area contributed by atoms with Crippen molar-refractivity contribution in [2.75, 3.05) is 19.4 Å². The molecule has 3 nitrogen and oxygen atoms in total. The van der Waals surface area contributed by atoms with Gasteiger partial charge in [-0.3, -0.25) is 4.79 Å². The number of thioether (sulfide) groups is 1. The quantitative estimate of drug-likeness (QED) is 0.848. The van der Waals surface area contributed by atoms with E-state index >= 15 is 0 Å². The molecule has 2 atom stereocenters. The Morgan fingerprint density at radius 1 is 1.45 bits per heavy atom. The van der Waals surface area contributed by atoms with Crippen molar-refractivity contribution in [1.82, 2.24) is 0 Å². The summed E-state index contributed by atoms with van der Waals surface area (Å²) in [6.45, 7) is 0.397. The SMILES string of the molecule is COC(=O)C(CN)(CC1CSc2ccccc21)C1CC1. The Morgan fingerprint density at radius 2 is 2.20 bits per heavy atom. The number of carbonyl (C=O) groups is 1. The number of rotatable bonds is 5. The molecule has 1 fully saturated rings. The van der Waals surface area contributed by atoms with Crippen LogP contribution in [-0.2, 0) is 9.53 Å². The van der Waals surface area contributed by atoms with E-state index in [9.17, 15) is 4.79 Å². The molecule has 0 spiro atoms. The molecule has 0 saturated heterocycles. The third-order valence-electron chi connectivity index (χ3n) is 4.72. The number of benzene rings is 1. The minimum Gasteiger partial charge on any atom is -0.469 e. The van der Waals surface area contributed by atoms with Gasteiger partial charge in [0.05, 0.1) is 12.5 Å². The summed E-state index contributed by atoms with van der Waals surface area (Å²) in [5.41, 5.74) is 6.92. The first-order chi connectivity index (χ1) is 9.71. The fourth-order valence-corrected chi connectivity index (χ4v) is 4.68. The van der Waals surface area contributed by atoms with Gasteiger partial charge in [-0.05, 0) is 42.7 Å². The van der Waals surface area contributed by atoms with E-state index in [-0.39, 0.29) is 5.97 Å². The third kappa shape index (κ3) is 2.25. The molecular weight excluding hydrogens is 270 g/mol. The number of fused-ring (bicyclic) bond motifs is 1. The van der Waals surface area contributed by atoms with Crippen LogP contribution in [0.1, 0.15) is 30.7 Å². The van der Waals surface area contributed by atoms with Crippen LogP contribution in [-0.4, -0.2) is 25.4 Å². The molecule has 1 aliphatic carbocycles. The van der Waals surface area contributed by atoms with Gasteiger partial charge in [-0.1, -0.05) is 18.2 Å². The van der Waals surface area contributed by atoms with Crippen LogP contribution in [0.4, 0.5) is 0 Å². The maximum atomic E-state index is 12.3. The summed E-state index contributed by atoms with van der Waals surface area (Å²) in [5, 5.41) is 0. The average molecular weight is 291 g/mol. The first-order valence-electron chi connectivity index (χ1n) is 7.21. The normalized spacial score (nSPS) is 24.0. The predicted molar refractivity (Wildman–Crippen MR) is 80.8 cm³/mol. The minimum absolute atomic E-state index is 0.114. The smallest absolute Gasteiger partial charge is 0.313 e. The Bertz CT molecular complexity index is 515. The Hall–Kier alpha value is -1.00. The molecular formula is C16H21NO2S. The summed E-state index contributed by atoms with van der Waals surface area (Å²) in [4.78, 5) is 13.7. The first-order valence-corrected chi connectivity index (χ1v) is 8.20. The molecule has 1 heterocycles. The summed E-state index contributed by atoms with van der Waals surface area (Å²) in [6, 6.07) is 8.51. The molecule has 4 heteroatoms. The number of methoxy groups -OCH3 is 1. The second-order valence-corrected chi connectivity index (χ2v) is 6.94. The molecule has 0 bridgehead atoms. The zero-order valence-electron chi connectivity index (χ0n) is 11.8. The summed E-state index contributed by atoms with van der Waals surface area (Å²) < 4.78 is 5.08. The summed E-state index contributed by atoms with van der Waals surface area (Å²) in [5.74, 6) is 1.76. The van der Waals surface area contributed by atoms with Crippen LogP contribution < -0.4 is 5.73 Å². The molecule has 0 aromatic heterocycles. The molecule has 1 aromatic carbocycles. The van der Waals surface area contributed by atoms with Crippen molar-refractivity contribution in [3.05, 3.63) is 29.8 Å². The van der Waals surface area contributed by atoms with Crippen molar-refractivity contribution in [3.63, 3.8) is 0 Å². The van der Waals surface area contributed by atoms with E-state index in [1.807, 2.05) is 11.8 Å². The maximum absolute atomic E-state index is 12.3. The summed E-state index contributed by atoms with van der Waals surface area (Å²) >= 11 is 1.89. The second-order valence-electron chi connectivity index (χ2n) is 5.88. The number of hydrogen-bond acceptors (Lipinski definition) is 4. The molecule has 2 N–H and O–H groups in total. The van der Waals surface area contributed by atoms with Gasteiger partial charge >= 0.3 is 5.97 Å². The molecule has 20 heavy (non-hydrogen) atoms. The molecule has 108 valence electrons. The highest BCUT2D eigenvalue weighted by Gasteiger charge is 2.52. The van der Waals surface area contributed by atoms with Crippen molar-refractivity contribution in [2.24, 2.45) is 17.1 Å². The van der Waals surface area contributed by atoms with Gasteiger partial charge in [0.1, 0.15) is 0 Å². The molecule has 1 aromatic rings. The van der Waals surface area contributed by atoms with E-state index in [0.29, 0.717) is 18.4 Å². The van der Waals surface area contributed by atoms with Crippen molar-refractivity contribution in [2.45, 2.75) is 30.1 Å². The van der Waals surface area contributed by atoms with Crippen LogP contribution in [0.25, 0.3) is 0 Å². The predicted octanol–water partition coefficient (Wildman–Crippen LogP) is 2.79. The fraction of sp³-hybridized carbons (Fsp3) is 0.562. The number of carbonyl (C=O) groups excluding carboxylic acids is 1. The van der Waals surface area contributed by atoms with Crippen molar-refractivity contribution in [1.29, 1.82) is 0 Å². The first kappa shape index (κ1) is 14.0. The number of esters is 1. The minimum atomic E-state index is -0.475. The van der Waals surface area contributed by atoms with Gasteiger partial charge in [-0.25, -0.2) is 0 Å². The number of hydrogen-bond donors (Lipinski definition) is 1. The lowest BCUT2D eigenvalue weighted by Gasteiger charge is -2.32. The van der Waals surface area contributed by atoms with Crippen LogP contribution in [0, 0.1) is 11.3 Å². The zero-order valence-corrected chi connectivity index (χ0v) is 12.6. The van der Waals surface area contributed by atoms with Crippen molar-refractivity contribution >= 4 is 17.7 Å². The highest BCUT2D eigenvalue weighted by atomic mass is 32.2. The van der Waals surface area contributed by atoms with Crippen molar-refractivity contribution < 1.29 is 9.53 Å². The van der Waals surface area contributed by atoms with Crippen LogP contribution in [0.5, 0.6) is 0 Å². The van der Waals surface area contributed by atoms with Gasteiger partial charge < -0.3 is 10.5 Å². The van der Waals surface area contributed by atoms with E-state index in [2.05, 4.69) is 24.3 Å². The second kappa shape index (κ2) is 5.41. The van der Waals surface area contributed by atoms with Gasteiger partial charge in [0, 0.05) is 17.2 Å². The molecule has 0 radical (unpaired) electrons. The van der Waals surface area contributed by atoms with Crippen LogP contribution in [0.2, 0.25) is 0 Å². The molecule has 1 aliphatic heterocycles. The van der Waals surface area contributed by atoms with Gasteiger partial charge in [0.25, 0.3) is 0 Å². The standard InChI is InChI=1S/C16H21NO2S/c1-19-15(18)16(10-17,12-6-7-12)8-11-9-20-14-5-3-2-4-13(11)14/h2-5,11-12H,6-10,17H2,1H3. The average Bonchev–Trinajstić information content (AvgIpc) is 3.27. The number of nitrogens with two attached hydrogens (primary N) is 1. The Labute approximate surface area is 124 Å². The Balaban J connectivity index is 1.86. The lowest BCUT2D eigenvalue weighted by Crippen LogP contribution is -2.43. The van der Waals surface area contributed by atoms with E-state index in [4.69, 9.17) is 10.5 Å². The zero-order chi connectivity index (χ0) is 14.2. The lowest BCUT2D eigenvalue weighted by atomic mass is 9.74. The monoisotopic (exact) mass is 291 g/mol. The molecule has 1 saturated carbocycles. The van der Waals surface area contributed by atoms with Crippen LogP contribution in [0.3, 0.4) is 0 Å². The molecule has 0 amide bonds. The highest BCUT2D eigenvalue weighted by molar-refractivity contribution is 7.99. The van der Waals surface area contributed by atoms with E-state index in [1.165, 1.54) is 17.6 Å². The molecule has 3 rings (SSSR count). The third-order valence-corrected chi connectivity index (χ3v) is 5.98. The highest BCUT2D eigenvalue weighted by Crippen LogP contribution is 2.53. The topological polar surface area (TPSA) is 52.3 Å². The number of ether oxygens (including phenoxy) is 1. The van der Waals surface area contributed by atoms with E-state index in [1.54, 1.807) is 0 Å². The van der Waals surface area contributed by atoms with Gasteiger partial charge in [0.2, 0.25) is 0 Å². The summed E-state index contributed by atoms with van der Waals surface area (Å²) in [7, 11) is 1.48. The van der Waals surface area contributed by atoms with Crippen molar-refractivity contribution in [3.8, 4) is 0 Å². The maximum Gasteiger partial charge on any atom is 0.313 e. The lowest BCUT2D eigenvalue weighted by molar-refractivity contribution is -0.154. The van der Waals surface area contributed by atoms with Gasteiger partial charge in [0.15, 0.2) is 0 Å². The van der Waals surface area contributed by atoms with Crippen LogP contribution >= 0.6 is 11.8 Å². The molecule has 2 aliphatic rings. The summed E-state index contributed by atoms with van der Waals surface area (Å²) in [6.07, 6.45) is 3.03.